The molecule has 0 bridgehead atoms. The number of anilines is 1. The van der Waals surface area contributed by atoms with Crippen molar-refractivity contribution in [2.45, 2.75) is 36.7 Å². The second kappa shape index (κ2) is 8.59. The summed E-state index contributed by atoms with van der Waals surface area (Å²) in [5.41, 5.74) is 0.748. The summed E-state index contributed by atoms with van der Waals surface area (Å²) in [7, 11) is -0.840. The van der Waals surface area contributed by atoms with Crippen molar-refractivity contribution in [3.8, 4) is 0 Å². The number of nitrogens with zero attached hydrogens (tertiary/aromatic N) is 2. The molecule has 0 unspecified atom stereocenters. The highest BCUT2D eigenvalue weighted by Crippen LogP contribution is 2.28. The van der Waals surface area contributed by atoms with Crippen molar-refractivity contribution < 1.29 is 27.5 Å². The summed E-state index contributed by atoms with van der Waals surface area (Å²) in [5.74, 6) is -0.748. The zero-order valence-electron chi connectivity index (χ0n) is 16.2. The number of Topliss-reactive ketones (excluding diaryl/α,β-unsaturated/α-hetero) is 1. The molecule has 0 amide bonds. The third-order valence-electron chi connectivity index (χ3n) is 5.07. The summed E-state index contributed by atoms with van der Waals surface area (Å²) in [6.07, 6.45) is 1.79. The van der Waals surface area contributed by atoms with E-state index in [0.29, 0.717) is 44.8 Å². The fourth-order valence-electron chi connectivity index (χ4n) is 3.40. The Morgan fingerprint density at radius 2 is 1.93 bits per heavy atom. The molecule has 2 aliphatic rings. The highest BCUT2D eigenvalue weighted by Gasteiger charge is 2.29. The van der Waals surface area contributed by atoms with Crippen molar-refractivity contribution in [2.75, 3.05) is 45.3 Å². The number of ether oxygens (including phenoxy) is 2. The minimum Gasteiger partial charge on any atom is -0.451 e. The quantitative estimate of drug-likeness (QED) is 0.678. The Balaban J connectivity index is 1.96. The molecule has 1 atom stereocenters. The van der Waals surface area contributed by atoms with Crippen molar-refractivity contribution >= 4 is 27.5 Å². The van der Waals surface area contributed by atoms with Gasteiger partial charge in [0.05, 0.1) is 29.4 Å². The van der Waals surface area contributed by atoms with Gasteiger partial charge in [-0.15, -0.1) is 0 Å². The average Bonchev–Trinajstić information content (AvgIpc) is 2.69. The summed E-state index contributed by atoms with van der Waals surface area (Å²) in [6.45, 7) is 2.21. The van der Waals surface area contributed by atoms with Crippen LogP contribution in [-0.2, 0) is 24.3 Å². The molecule has 1 heterocycles. The number of hydrogen-bond donors (Lipinski definition) is 0. The summed E-state index contributed by atoms with van der Waals surface area (Å²) >= 11 is 0. The monoisotopic (exact) mass is 410 g/mol. The zero-order chi connectivity index (χ0) is 20.3. The van der Waals surface area contributed by atoms with Crippen molar-refractivity contribution in [3.05, 3.63) is 23.8 Å². The third kappa shape index (κ3) is 4.37. The lowest BCUT2D eigenvalue weighted by Gasteiger charge is -2.31. The van der Waals surface area contributed by atoms with E-state index in [4.69, 9.17) is 9.47 Å². The minimum absolute atomic E-state index is 0.0106. The van der Waals surface area contributed by atoms with E-state index in [-0.39, 0.29) is 16.2 Å². The van der Waals surface area contributed by atoms with Crippen LogP contribution < -0.4 is 4.90 Å². The molecule has 1 aromatic carbocycles. The zero-order valence-corrected chi connectivity index (χ0v) is 17.0. The van der Waals surface area contributed by atoms with Crippen LogP contribution in [0.5, 0.6) is 0 Å². The number of ketones is 1. The molecule has 1 saturated heterocycles. The van der Waals surface area contributed by atoms with Gasteiger partial charge in [0.1, 0.15) is 0 Å². The summed E-state index contributed by atoms with van der Waals surface area (Å²) in [4.78, 5) is 27.0. The van der Waals surface area contributed by atoms with E-state index in [1.54, 1.807) is 6.07 Å². The number of rotatable bonds is 5. The van der Waals surface area contributed by atoms with Gasteiger partial charge in [0.15, 0.2) is 11.9 Å². The Morgan fingerprint density at radius 1 is 1.21 bits per heavy atom. The van der Waals surface area contributed by atoms with E-state index in [9.17, 15) is 18.0 Å². The maximum Gasteiger partial charge on any atom is 0.341 e. The fraction of sp³-hybridized carbons (Fsp3) is 0.579. The Morgan fingerprint density at radius 3 is 2.57 bits per heavy atom. The van der Waals surface area contributed by atoms with Crippen LogP contribution in [0.3, 0.4) is 0 Å². The predicted octanol–water partition coefficient (Wildman–Crippen LogP) is 1.44. The van der Waals surface area contributed by atoms with E-state index < -0.39 is 22.1 Å². The smallest absolute Gasteiger partial charge is 0.341 e. The lowest BCUT2D eigenvalue weighted by molar-refractivity contribution is -0.129. The summed E-state index contributed by atoms with van der Waals surface area (Å²) in [5, 5.41) is 0. The third-order valence-corrected chi connectivity index (χ3v) is 6.88. The van der Waals surface area contributed by atoms with Crippen LogP contribution in [-0.4, -0.2) is 71.0 Å². The van der Waals surface area contributed by atoms with Gasteiger partial charge in [-0.1, -0.05) is 0 Å². The van der Waals surface area contributed by atoms with E-state index >= 15 is 0 Å². The van der Waals surface area contributed by atoms with Crippen LogP contribution in [0, 0.1) is 0 Å². The Labute approximate surface area is 165 Å². The van der Waals surface area contributed by atoms with Crippen molar-refractivity contribution in [1.82, 2.24) is 4.31 Å². The van der Waals surface area contributed by atoms with E-state index in [1.165, 1.54) is 26.2 Å². The first kappa shape index (κ1) is 20.8. The van der Waals surface area contributed by atoms with Gasteiger partial charge < -0.3 is 14.4 Å². The number of esters is 1. The highest BCUT2D eigenvalue weighted by molar-refractivity contribution is 7.89. The first-order valence-corrected chi connectivity index (χ1v) is 10.9. The molecule has 154 valence electrons. The van der Waals surface area contributed by atoms with Crippen molar-refractivity contribution in [3.63, 3.8) is 0 Å². The molecular weight excluding hydrogens is 384 g/mol. The van der Waals surface area contributed by atoms with Gasteiger partial charge in [-0.3, -0.25) is 4.79 Å². The lowest BCUT2D eigenvalue weighted by atomic mass is 9.96. The first-order valence-electron chi connectivity index (χ1n) is 9.43. The Bertz CT molecular complexity index is 846. The van der Waals surface area contributed by atoms with Crippen LogP contribution >= 0.6 is 0 Å². The molecule has 9 heteroatoms. The lowest BCUT2D eigenvalue weighted by Crippen LogP contribution is -2.38. The summed E-state index contributed by atoms with van der Waals surface area (Å²) < 4.78 is 37.0. The van der Waals surface area contributed by atoms with Crippen molar-refractivity contribution in [1.29, 1.82) is 0 Å². The normalized spacial score (nSPS) is 21.0. The second-order valence-electron chi connectivity index (χ2n) is 7.17. The maximum absolute atomic E-state index is 12.9. The number of benzene rings is 1. The predicted molar refractivity (Wildman–Crippen MR) is 103 cm³/mol. The molecule has 1 aliphatic carbocycles. The number of carbonyl (C=O) groups excluding carboxylic acids is 2. The van der Waals surface area contributed by atoms with Gasteiger partial charge >= 0.3 is 5.97 Å². The summed E-state index contributed by atoms with van der Waals surface area (Å²) in [6, 6.07) is 4.46. The van der Waals surface area contributed by atoms with Gasteiger partial charge in [-0.25, -0.2) is 17.5 Å². The van der Waals surface area contributed by atoms with Crippen LogP contribution in [0.15, 0.2) is 23.1 Å². The molecule has 8 nitrogen and oxygen atoms in total. The SMILES string of the molecule is CN(C)S(=O)(=O)c1ccc(N2CCOCC2)c(C(=O)O[C@H]2CCCCC2=O)c1. The number of sulfonamides is 1. The highest BCUT2D eigenvalue weighted by atomic mass is 32.2. The van der Waals surface area contributed by atoms with Crippen LogP contribution in [0.2, 0.25) is 0 Å². The second-order valence-corrected chi connectivity index (χ2v) is 9.32. The average molecular weight is 410 g/mol. The molecule has 1 saturated carbocycles. The van der Waals surface area contributed by atoms with Gasteiger partial charge in [-0.05, 0) is 37.5 Å². The van der Waals surface area contributed by atoms with Gasteiger partial charge in [0, 0.05) is 33.6 Å². The molecule has 0 spiro atoms. The van der Waals surface area contributed by atoms with Crippen LogP contribution in [0.1, 0.15) is 36.0 Å². The van der Waals surface area contributed by atoms with Crippen LogP contribution in [0.25, 0.3) is 0 Å². The first-order chi connectivity index (χ1) is 13.3. The number of carbonyl (C=O) groups is 2. The molecule has 0 radical (unpaired) electrons. The van der Waals surface area contributed by atoms with Crippen molar-refractivity contribution in [2.24, 2.45) is 0 Å². The molecule has 1 aliphatic heterocycles. The molecular formula is C19H26N2O6S. The van der Waals surface area contributed by atoms with E-state index in [2.05, 4.69) is 0 Å². The topological polar surface area (TPSA) is 93.2 Å². The number of morpholine rings is 1. The Kier molecular flexibility index (Phi) is 6.36. The van der Waals surface area contributed by atoms with E-state index in [1.807, 2.05) is 4.90 Å². The van der Waals surface area contributed by atoms with Gasteiger partial charge in [0.25, 0.3) is 0 Å². The minimum atomic E-state index is -3.71. The van der Waals surface area contributed by atoms with E-state index in [0.717, 1.165) is 17.1 Å². The largest absolute Gasteiger partial charge is 0.451 e. The standard InChI is InChI=1S/C19H26N2O6S/c1-20(2)28(24,25)14-7-8-16(21-9-11-26-12-10-21)15(13-14)19(23)27-18-6-4-3-5-17(18)22/h7-8,13,18H,3-6,9-12H2,1-2H3/t18-/m0/s1. The molecule has 0 N–H and O–H groups in total. The molecule has 0 aromatic heterocycles. The Hall–Kier alpha value is -1.97. The fourth-order valence-corrected chi connectivity index (χ4v) is 4.33. The van der Waals surface area contributed by atoms with Crippen LogP contribution in [0.4, 0.5) is 5.69 Å². The van der Waals surface area contributed by atoms with Gasteiger partial charge in [0.2, 0.25) is 10.0 Å². The molecule has 1 aromatic rings. The van der Waals surface area contributed by atoms with Gasteiger partial charge in [-0.2, -0.15) is 0 Å². The maximum atomic E-state index is 12.9. The molecule has 3 rings (SSSR count). The molecule has 2 fully saturated rings. The molecule has 28 heavy (non-hydrogen) atoms. The number of hydrogen-bond acceptors (Lipinski definition) is 7.